The summed E-state index contributed by atoms with van der Waals surface area (Å²) in [6.07, 6.45) is -2.82. The third-order valence-electron chi connectivity index (χ3n) is 2.67. The SMILES string of the molecule is C=CCN(CC)c1ccc(CO)c(C(F)(F)F)c1. The zero-order valence-corrected chi connectivity index (χ0v) is 10.2. The molecule has 1 aromatic rings. The number of benzene rings is 1. The lowest BCUT2D eigenvalue weighted by Crippen LogP contribution is -2.23. The number of alkyl halides is 3. The summed E-state index contributed by atoms with van der Waals surface area (Å²) in [5, 5.41) is 8.94. The first kappa shape index (κ1) is 14.6. The number of aliphatic hydroxyl groups is 1. The summed E-state index contributed by atoms with van der Waals surface area (Å²) in [6, 6.07) is 3.95. The highest BCUT2D eigenvalue weighted by molar-refractivity contribution is 5.52. The molecule has 0 spiro atoms. The topological polar surface area (TPSA) is 23.5 Å². The van der Waals surface area contributed by atoms with Crippen molar-refractivity contribution in [2.24, 2.45) is 0 Å². The predicted molar refractivity (Wildman–Crippen MR) is 65.5 cm³/mol. The van der Waals surface area contributed by atoms with Crippen molar-refractivity contribution in [2.45, 2.75) is 19.7 Å². The van der Waals surface area contributed by atoms with Gasteiger partial charge in [0.15, 0.2) is 0 Å². The van der Waals surface area contributed by atoms with Gasteiger partial charge in [0.05, 0.1) is 12.2 Å². The highest BCUT2D eigenvalue weighted by atomic mass is 19.4. The smallest absolute Gasteiger partial charge is 0.392 e. The second-order valence-corrected chi connectivity index (χ2v) is 3.82. The maximum Gasteiger partial charge on any atom is 0.416 e. The molecule has 100 valence electrons. The molecule has 0 saturated heterocycles. The lowest BCUT2D eigenvalue weighted by molar-refractivity contribution is -0.138. The molecule has 1 aromatic carbocycles. The van der Waals surface area contributed by atoms with Gasteiger partial charge in [0.25, 0.3) is 0 Å². The molecule has 0 atom stereocenters. The van der Waals surface area contributed by atoms with E-state index in [0.717, 1.165) is 6.07 Å². The van der Waals surface area contributed by atoms with Crippen LogP contribution < -0.4 is 4.90 Å². The van der Waals surface area contributed by atoms with Crippen LogP contribution in [0.3, 0.4) is 0 Å². The van der Waals surface area contributed by atoms with E-state index in [1.807, 2.05) is 6.92 Å². The van der Waals surface area contributed by atoms with Gasteiger partial charge in [-0.15, -0.1) is 6.58 Å². The fourth-order valence-corrected chi connectivity index (χ4v) is 1.74. The Balaban J connectivity index is 3.21. The van der Waals surface area contributed by atoms with Crippen molar-refractivity contribution in [1.29, 1.82) is 0 Å². The van der Waals surface area contributed by atoms with Gasteiger partial charge in [-0.05, 0) is 24.6 Å². The standard InChI is InChI=1S/C13H16F3NO/c1-3-7-17(4-2)11-6-5-10(9-18)12(8-11)13(14,15)16/h3,5-6,8,18H,1,4,7,9H2,2H3. The summed E-state index contributed by atoms with van der Waals surface area (Å²) in [6.45, 7) is 5.87. The Morgan fingerprint density at radius 2 is 2.06 bits per heavy atom. The highest BCUT2D eigenvalue weighted by Gasteiger charge is 2.33. The molecular weight excluding hydrogens is 243 g/mol. The number of halogens is 3. The minimum Gasteiger partial charge on any atom is -0.392 e. The quantitative estimate of drug-likeness (QED) is 0.821. The number of hydrogen-bond acceptors (Lipinski definition) is 2. The van der Waals surface area contributed by atoms with Gasteiger partial charge in [-0.3, -0.25) is 0 Å². The average Bonchev–Trinajstić information content (AvgIpc) is 2.34. The number of likely N-dealkylation sites (N-methyl/N-ethyl adjacent to an activating group) is 1. The molecule has 1 N–H and O–H groups in total. The van der Waals surface area contributed by atoms with Crippen LogP contribution in [0.4, 0.5) is 18.9 Å². The lowest BCUT2D eigenvalue weighted by Gasteiger charge is -2.23. The Hall–Kier alpha value is -1.49. The van der Waals surface area contributed by atoms with Gasteiger partial charge in [-0.1, -0.05) is 12.1 Å². The van der Waals surface area contributed by atoms with Crippen molar-refractivity contribution in [2.75, 3.05) is 18.0 Å². The van der Waals surface area contributed by atoms with Crippen molar-refractivity contribution in [3.8, 4) is 0 Å². The molecule has 0 unspecified atom stereocenters. The summed E-state index contributed by atoms with van der Waals surface area (Å²) in [7, 11) is 0. The normalized spacial score (nSPS) is 11.4. The molecule has 0 aliphatic heterocycles. The third kappa shape index (κ3) is 3.26. The lowest BCUT2D eigenvalue weighted by atomic mass is 10.1. The Morgan fingerprint density at radius 1 is 1.39 bits per heavy atom. The summed E-state index contributed by atoms with van der Waals surface area (Å²) in [4.78, 5) is 1.77. The molecule has 18 heavy (non-hydrogen) atoms. The Morgan fingerprint density at radius 3 is 2.50 bits per heavy atom. The number of nitrogens with zero attached hydrogens (tertiary/aromatic N) is 1. The van der Waals surface area contributed by atoms with Crippen LogP contribution in [0, 0.1) is 0 Å². The molecule has 0 heterocycles. The first-order valence-corrected chi connectivity index (χ1v) is 5.60. The van der Waals surface area contributed by atoms with E-state index in [0.29, 0.717) is 18.8 Å². The molecular formula is C13H16F3NO. The van der Waals surface area contributed by atoms with Crippen LogP contribution in [0.25, 0.3) is 0 Å². The van der Waals surface area contributed by atoms with E-state index in [1.165, 1.54) is 6.07 Å². The molecule has 0 radical (unpaired) electrons. The molecule has 5 heteroatoms. The van der Waals surface area contributed by atoms with Gasteiger partial charge in [-0.2, -0.15) is 13.2 Å². The summed E-state index contributed by atoms with van der Waals surface area (Å²) >= 11 is 0. The minimum atomic E-state index is -4.46. The molecule has 0 amide bonds. The fourth-order valence-electron chi connectivity index (χ4n) is 1.74. The van der Waals surface area contributed by atoms with E-state index in [1.54, 1.807) is 17.0 Å². The Labute approximate surface area is 104 Å². The maximum atomic E-state index is 12.8. The first-order valence-electron chi connectivity index (χ1n) is 5.60. The van der Waals surface area contributed by atoms with Crippen LogP contribution in [-0.2, 0) is 12.8 Å². The summed E-state index contributed by atoms with van der Waals surface area (Å²) in [5.41, 5.74) is -0.423. The summed E-state index contributed by atoms with van der Waals surface area (Å²) < 4.78 is 38.5. The van der Waals surface area contributed by atoms with Gasteiger partial charge in [-0.25, -0.2) is 0 Å². The molecule has 0 aromatic heterocycles. The zero-order valence-electron chi connectivity index (χ0n) is 10.2. The third-order valence-corrected chi connectivity index (χ3v) is 2.67. The second kappa shape index (κ2) is 5.91. The average molecular weight is 259 g/mol. The van der Waals surface area contributed by atoms with Gasteiger partial charge >= 0.3 is 6.18 Å². The van der Waals surface area contributed by atoms with Crippen LogP contribution >= 0.6 is 0 Å². The molecule has 2 nitrogen and oxygen atoms in total. The van der Waals surface area contributed by atoms with Gasteiger partial charge in [0, 0.05) is 18.8 Å². The van der Waals surface area contributed by atoms with Crippen molar-refractivity contribution in [1.82, 2.24) is 0 Å². The van der Waals surface area contributed by atoms with E-state index < -0.39 is 18.3 Å². The molecule has 0 saturated carbocycles. The van der Waals surface area contributed by atoms with Crippen LogP contribution in [0.2, 0.25) is 0 Å². The van der Waals surface area contributed by atoms with Crippen molar-refractivity contribution < 1.29 is 18.3 Å². The second-order valence-electron chi connectivity index (χ2n) is 3.82. The van der Waals surface area contributed by atoms with Crippen molar-refractivity contribution in [3.05, 3.63) is 42.0 Å². The molecule has 0 aliphatic carbocycles. The highest BCUT2D eigenvalue weighted by Crippen LogP contribution is 2.34. The van der Waals surface area contributed by atoms with E-state index in [2.05, 4.69) is 6.58 Å². The minimum absolute atomic E-state index is 0.110. The number of anilines is 1. The Bertz CT molecular complexity index is 415. The zero-order chi connectivity index (χ0) is 13.8. The molecule has 0 bridgehead atoms. The molecule has 0 aliphatic rings. The van der Waals surface area contributed by atoms with Crippen LogP contribution in [0.1, 0.15) is 18.1 Å². The number of aliphatic hydroxyl groups excluding tert-OH is 1. The first-order chi connectivity index (χ1) is 8.43. The van der Waals surface area contributed by atoms with E-state index in [-0.39, 0.29) is 5.56 Å². The van der Waals surface area contributed by atoms with E-state index in [4.69, 9.17) is 5.11 Å². The fraction of sp³-hybridized carbons (Fsp3) is 0.385. The van der Waals surface area contributed by atoms with Crippen molar-refractivity contribution >= 4 is 5.69 Å². The van der Waals surface area contributed by atoms with E-state index >= 15 is 0 Å². The van der Waals surface area contributed by atoms with Gasteiger partial charge in [0.2, 0.25) is 0 Å². The monoisotopic (exact) mass is 259 g/mol. The maximum absolute atomic E-state index is 12.8. The number of hydrogen-bond donors (Lipinski definition) is 1. The Kier molecular flexibility index (Phi) is 4.78. The molecule has 0 fully saturated rings. The van der Waals surface area contributed by atoms with Crippen LogP contribution in [0.15, 0.2) is 30.9 Å². The van der Waals surface area contributed by atoms with E-state index in [9.17, 15) is 13.2 Å². The van der Waals surface area contributed by atoms with Gasteiger partial charge < -0.3 is 10.0 Å². The van der Waals surface area contributed by atoms with Crippen LogP contribution in [-0.4, -0.2) is 18.2 Å². The molecule has 1 rings (SSSR count). The van der Waals surface area contributed by atoms with Crippen molar-refractivity contribution in [3.63, 3.8) is 0 Å². The summed E-state index contributed by atoms with van der Waals surface area (Å²) in [5.74, 6) is 0. The van der Waals surface area contributed by atoms with Gasteiger partial charge in [0.1, 0.15) is 0 Å². The van der Waals surface area contributed by atoms with Crippen LogP contribution in [0.5, 0.6) is 0 Å². The predicted octanol–water partition coefficient (Wildman–Crippen LogP) is 3.21. The largest absolute Gasteiger partial charge is 0.416 e. The number of rotatable bonds is 5.